The fraction of sp³-hybridized carbons (Fsp3) is 0.0476. The summed E-state index contributed by atoms with van der Waals surface area (Å²) in [6.45, 7) is -0.0364. The van der Waals surface area contributed by atoms with Crippen LogP contribution in [0.3, 0.4) is 0 Å². The fourth-order valence-electron chi connectivity index (χ4n) is 2.31. The van der Waals surface area contributed by atoms with E-state index < -0.39 is 0 Å². The van der Waals surface area contributed by atoms with Crippen molar-refractivity contribution in [2.75, 3.05) is 17.2 Å². The number of nitrogens with one attached hydrogen (secondary N) is 2. The summed E-state index contributed by atoms with van der Waals surface area (Å²) in [5.74, 6) is 0.471. The second-order valence-corrected chi connectivity index (χ2v) is 5.55. The molecule has 2 amide bonds. The molecule has 0 aliphatic heterocycles. The Labute approximate surface area is 151 Å². The Bertz CT molecular complexity index is 863. The predicted octanol–water partition coefficient (Wildman–Crippen LogP) is 4.59. The summed E-state index contributed by atoms with van der Waals surface area (Å²) in [5, 5.41) is 5.47. The molecule has 0 aliphatic carbocycles. The van der Waals surface area contributed by atoms with Gasteiger partial charge in [0.15, 0.2) is 12.4 Å². The first kappa shape index (κ1) is 17.2. The smallest absolute Gasteiger partial charge is 0.323 e. The molecule has 5 heteroatoms. The highest BCUT2D eigenvalue weighted by molar-refractivity contribution is 5.99. The second-order valence-electron chi connectivity index (χ2n) is 5.55. The molecule has 5 nitrogen and oxygen atoms in total. The molecule has 2 N–H and O–H groups in total. The SMILES string of the molecule is O=C(Nc1ccccc1)Nc1ccc(OCC(=O)c2ccccc2)cc1. The molecule has 0 aliphatic rings. The Kier molecular flexibility index (Phi) is 5.62. The van der Waals surface area contributed by atoms with Gasteiger partial charge in [0.1, 0.15) is 5.75 Å². The minimum absolute atomic E-state index is 0.0364. The van der Waals surface area contributed by atoms with E-state index in [1.807, 2.05) is 36.4 Å². The molecule has 130 valence electrons. The highest BCUT2D eigenvalue weighted by Crippen LogP contribution is 2.16. The number of ether oxygens (including phenoxy) is 1. The van der Waals surface area contributed by atoms with Crippen LogP contribution in [0.2, 0.25) is 0 Å². The number of para-hydroxylation sites is 1. The molecule has 0 bridgehead atoms. The van der Waals surface area contributed by atoms with E-state index in [0.717, 1.165) is 0 Å². The number of hydrogen-bond acceptors (Lipinski definition) is 3. The number of anilines is 2. The molecule has 0 aromatic heterocycles. The van der Waals surface area contributed by atoms with Crippen molar-refractivity contribution in [3.63, 3.8) is 0 Å². The zero-order chi connectivity index (χ0) is 18.2. The summed E-state index contributed by atoms with van der Waals surface area (Å²) in [6, 6.07) is 24.7. The van der Waals surface area contributed by atoms with Crippen LogP contribution >= 0.6 is 0 Å². The van der Waals surface area contributed by atoms with Gasteiger partial charge in [-0.15, -0.1) is 0 Å². The van der Waals surface area contributed by atoms with Gasteiger partial charge < -0.3 is 15.4 Å². The standard InChI is InChI=1S/C21H18N2O3/c24-20(16-7-3-1-4-8-16)15-26-19-13-11-18(12-14-19)23-21(25)22-17-9-5-2-6-10-17/h1-14H,15H2,(H2,22,23,25). The minimum Gasteiger partial charge on any atom is -0.485 e. The van der Waals surface area contributed by atoms with Gasteiger partial charge in [0.25, 0.3) is 0 Å². The molecule has 3 aromatic carbocycles. The van der Waals surface area contributed by atoms with Gasteiger partial charge in [0, 0.05) is 16.9 Å². The van der Waals surface area contributed by atoms with Crippen molar-refractivity contribution in [1.29, 1.82) is 0 Å². The number of benzene rings is 3. The molecule has 0 atom stereocenters. The lowest BCUT2D eigenvalue weighted by Crippen LogP contribution is -2.19. The quantitative estimate of drug-likeness (QED) is 0.641. The number of rotatable bonds is 6. The van der Waals surface area contributed by atoms with Gasteiger partial charge >= 0.3 is 6.03 Å². The first-order valence-electron chi connectivity index (χ1n) is 8.15. The normalized spacial score (nSPS) is 10.0. The van der Waals surface area contributed by atoms with Gasteiger partial charge in [-0.3, -0.25) is 4.79 Å². The fourth-order valence-corrected chi connectivity index (χ4v) is 2.31. The molecule has 26 heavy (non-hydrogen) atoms. The molecular weight excluding hydrogens is 328 g/mol. The average Bonchev–Trinajstić information content (AvgIpc) is 2.68. The maximum Gasteiger partial charge on any atom is 0.323 e. The van der Waals surface area contributed by atoms with Crippen LogP contribution in [0.15, 0.2) is 84.9 Å². The first-order valence-corrected chi connectivity index (χ1v) is 8.15. The van der Waals surface area contributed by atoms with Gasteiger partial charge in [-0.2, -0.15) is 0 Å². The summed E-state index contributed by atoms with van der Waals surface area (Å²) >= 11 is 0. The van der Waals surface area contributed by atoms with E-state index in [2.05, 4.69) is 10.6 Å². The van der Waals surface area contributed by atoms with Crippen LogP contribution in [-0.2, 0) is 0 Å². The van der Waals surface area contributed by atoms with Crippen LogP contribution in [-0.4, -0.2) is 18.4 Å². The van der Waals surface area contributed by atoms with Gasteiger partial charge in [0.05, 0.1) is 0 Å². The van der Waals surface area contributed by atoms with E-state index in [-0.39, 0.29) is 18.4 Å². The Hall–Kier alpha value is -3.60. The maximum atomic E-state index is 12.0. The van der Waals surface area contributed by atoms with Crippen molar-refractivity contribution in [3.05, 3.63) is 90.5 Å². The molecule has 0 fully saturated rings. The van der Waals surface area contributed by atoms with Crippen molar-refractivity contribution in [3.8, 4) is 5.75 Å². The molecule has 0 unspecified atom stereocenters. The third kappa shape index (κ3) is 4.95. The summed E-state index contributed by atoms with van der Waals surface area (Å²) in [6.07, 6.45) is 0. The molecule has 0 saturated heterocycles. The van der Waals surface area contributed by atoms with Crippen molar-refractivity contribution >= 4 is 23.2 Å². The summed E-state index contributed by atoms with van der Waals surface area (Å²) in [4.78, 5) is 24.0. The van der Waals surface area contributed by atoms with Crippen LogP contribution < -0.4 is 15.4 Å². The lowest BCUT2D eigenvalue weighted by molar-refractivity contribution is 0.0921. The molecular formula is C21H18N2O3. The molecule has 0 saturated carbocycles. The summed E-state index contributed by atoms with van der Waals surface area (Å²) in [7, 11) is 0. The van der Waals surface area contributed by atoms with Crippen LogP contribution in [0.25, 0.3) is 0 Å². The third-order valence-corrected chi connectivity index (χ3v) is 3.61. The number of hydrogen-bond donors (Lipinski definition) is 2. The number of carbonyl (C=O) groups is 2. The van der Waals surface area contributed by atoms with Crippen molar-refractivity contribution in [2.24, 2.45) is 0 Å². The van der Waals surface area contributed by atoms with Crippen molar-refractivity contribution in [2.45, 2.75) is 0 Å². The molecule has 0 spiro atoms. The Balaban J connectivity index is 1.50. The first-order chi connectivity index (χ1) is 12.7. The van der Waals surface area contributed by atoms with Crippen LogP contribution in [0, 0.1) is 0 Å². The van der Waals surface area contributed by atoms with Gasteiger partial charge in [-0.05, 0) is 36.4 Å². The van der Waals surface area contributed by atoms with E-state index in [0.29, 0.717) is 22.7 Å². The van der Waals surface area contributed by atoms with E-state index in [1.165, 1.54) is 0 Å². The third-order valence-electron chi connectivity index (χ3n) is 3.61. The Morgan fingerprint density at radius 1 is 0.692 bits per heavy atom. The van der Waals surface area contributed by atoms with Crippen molar-refractivity contribution < 1.29 is 14.3 Å². The van der Waals surface area contributed by atoms with Crippen LogP contribution in [0.5, 0.6) is 5.75 Å². The van der Waals surface area contributed by atoms with Crippen LogP contribution in [0.1, 0.15) is 10.4 Å². The zero-order valence-electron chi connectivity index (χ0n) is 14.0. The molecule has 3 aromatic rings. The number of amides is 2. The van der Waals surface area contributed by atoms with E-state index in [9.17, 15) is 9.59 Å². The molecule has 3 rings (SSSR count). The molecule has 0 radical (unpaired) electrons. The lowest BCUT2D eigenvalue weighted by atomic mass is 10.1. The summed E-state index contributed by atoms with van der Waals surface area (Å²) < 4.78 is 5.50. The maximum absolute atomic E-state index is 12.0. The van der Waals surface area contributed by atoms with E-state index in [1.54, 1.807) is 48.5 Å². The van der Waals surface area contributed by atoms with Gasteiger partial charge in [-0.25, -0.2) is 4.79 Å². The number of Topliss-reactive ketones (excluding diaryl/α,β-unsaturated/α-hetero) is 1. The van der Waals surface area contributed by atoms with E-state index in [4.69, 9.17) is 4.74 Å². The average molecular weight is 346 g/mol. The second kappa shape index (κ2) is 8.48. The topological polar surface area (TPSA) is 67.4 Å². The van der Waals surface area contributed by atoms with Gasteiger partial charge in [0.2, 0.25) is 0 Å². The van der Waals surface area contributed by atoms with Gasteiger partial charge in [-0.1, -0.05) is 48.5 Å². The van der Waals surface area contributed by atoms with E-state index >= 15 is 0 Å². The highest BCUT2D eigenvalue weighted by atomic mass is 16.5. The number of urea groups is 1. The Morgan fingerprint density at radius 3 is 1.85 bits per heavy atom. The van der Waals surface area contributed by atoms with Crippen LogP contribution in [0.4, 0.5) is 16.2 Å². The summed E-state index contributed by atoms with van der Waals surface area (Å²) in [5.41, 5.74) is 1.95. The largest absolute Gasteiger partial charge is 0.485 e. The number of carbonyl (C=O) groups excluding carboxylic acids is 2. The molecule has 0 heterocycles. The Morgan fingerprint density at radius 2 is 1.23 bits per heavy atom. The zero-order valence-corrected chi connectivity index (χ0v) is 14.0. The lowest BCUT2D eigenvalue weighted by Gasteiger charge is -2.09. The minimum atomic E-state index is -0.330. The highest BCUT2D eigenvalue weighted by Gasteiger charge is 2.07. The number of ketones is 1. The van der Waals surface area contributed by atoms with Crippen molar-refractivity contribution in [1.82, 2.24) is 0 Å². The monoisotopic (exact) mass is 346 g/mol. The predicted molar refractivity (Wildman–Crippen MR) is 102 cm³/mol.